The average Bonchev–Trinajstić information content (AvgIpc) is 2.70. The van der Waals surface area contributed by atoms with E-state index in [1.807, 2.05) is 31.0 Å². The number of halogens is 3. The van der Waals surface area contributed by atoms with Gasteiger partial charge in [-0.1, -0.05) is 31.0 Å². The molecule has 0 fully saturated rings. The molecule has 0 amide bonds. The molecule has 0 aromatic heterocycles. The van der Waals surface area contributed by atoms with E-state index >= 15 is 0 Å². The zero-order chi connectivity index (χ0) is 27.1. The zero-order valence-corrected chi connectivity index (χ0v) is 20.8. The quantitative estimate of drug-likeness (QED) is 0.450. The molecule has 8 nitrogen and oxygen atoms in total. The lowest BCUT2D eigenvalue weighted by atomic mass is 10.1. The molecule has 2 aromatic rings. The van der Waals surface area contributed by atoms with Crippen LogP contribution in [0.25, 0.3) is 0 Å². The summed E-state index contributed by atoms with van der Waals surface area (Å²) in [4.78, 5) is 22.4. The molecule has 0 bridgehead atoms. The monoisotopic (exact) mass is 518 g/mol. The molecule has 0 unspecified atom stereocenters. The second kappa shape index (κ2) is 11.9. The molecule has 12 heteroatoms. The van der Waals surface area contributed by atoms with Crippen molar-refractivity contribution in [2.24, 2.45) is 0 Å². The number of benzene rings is 2. The Morgan fingerprint density at radius 2 is 1.54 bits per heavy atom. The number of aryl methyl sites for hydroxylation is 3. The number of aliphatic carboxylic acids is 1. The third-order valence-electron chi connectivity index (χ3n) is 4.86. The van der Waals surface area contributed by atoms with Crippen molar-refractivity contribution in [1.82, 2.24) is 0 Å². The molecule has 0 spiro atoms. The van der Waals surface area contributed by atoms with Gasteiger partial charge in [0.15, 0.2) is 0 Å². The van der Waals surface area contributed by atoms with E-state index in [0.29, 0.717) is 16.8 Å². The summed E-state index contributed by atoms with van der Waals surface area (Å²) in [6.45, 7) is 8.25. The van der Waals surface area contributed by atoms with Crippen molar-refractivity contribution >= 4 is 33.3 Å². The Morgan fingerprint density at radius 1 is 1.03 bits per heavy atom. The maximum atomic E-state index is 13.1. The van der Waals surface area contributed by atoms with Crippen LogP contribution in [0, 0.1) is 20.8 Å². The van der Waals surface area contributed by atoms with Crippen molar-refractivity contribution < 1.29 is 41.4 Å². The number of sulfonamides is 1. The fraction of sp³-hybridized carbons (Fsp3) is 0.391. The number of alkyl halides is 3. The minimum atomic E-state index is -5.08. The van der Waals surface area contributed by atoms with E-state index in [-0.39, 0.29) is 16.1 Å². The van der Waals surface area contributed by atoms with Gasteiger partial charge < -0.3 is 15.1 Å². The van der Waals surface area contributed by atoms with E-state index in [2.05, 4.69) is 11.6 Å². The highest BCUT2D eigenvalue weighted by molar-refractivity contribution is 7.92. The first-order valence-electron chi connectivity index (χ1n) is 10.5. The number of carboxylic acids is 2. The third kappa shape index (κ3) is 8.46. The first-order chi connectivity index (χ1) is 16.0. The normalized spacial score (nSPS) is 11.3. The molecule has 0 aliphatic heterocycles. The van der Waals surface area contributed by atoms with Crippen molar-refractivity contribution in [2.75, 3.05) is 23.2 Å². The van der Waals surface area contributed by atoms with Crippen LogP contribution in [0.1, 0.15) is 46.8 Å². The molecule has 2 aromatic carbocycles. The van der Waals surface area contributed by atoms with Crippen LogP contribution < -0.4 is 9.62 Å². The largest absolute Gasteiger partial charge is 0.490 e. The second-order valence-electron chi connectivity index (χ2n) is 7.95. The summed E-state index contributed by atoms with van der Waals surface area (Å²) < 4.78 is 60.7. The van der Waals surface area contributed by atoms with Gasteiger partial charge in [0.2, 0.25) is 0 Å². The van der Waals surface area contributed by atoms with Crippen LogP contribution in [0.2, 0.25) is 0 Å². The fourth-order valence-electron chi connectivity index (χ4n) is 3.39. The minimum Gasteiger partial charge on any atom is -0.478 e. The number of hydrogen-bond acceptors (Lipinski definition) is 5. The van der Waals surface area contributed by atoms with Gasteiger partial charge in [0.1, 0.15) is 0 Å². The minimum absolute atomic E-state index is 0.0303. The Hall–Kier alpha value is -3.28. The lowest BCUT2D eigenvalue weighted by Gasteiger charge is -2.24. The number of carboxylic acid groups (broad SMARTS) is 2. The Morgan fingerprint density at radius 3 is 1.97 bits per heavy atom. The van der Waals surface area contributed by atoms with Crippen LogP contribution in [-0.2, 0) is 14.8 Å². The van der Waals surface area contributed by atoms with Crippen LogP contribution in [-0.4, -0.2) is 50.3 Å². The van der Waals surface area contributed by atoms with Crippen LogP contribution in [0.15, 0.2) is 35.2 Å². The predicted octanol–water partition coefficient (Wildman–Crippen LogP) is 4.98. The number of unbranched alkanes of at least 4 members (excludes halogenated alkanes) is 1. The van der Waals surface area contributed by atoms with Crippen LogP contribution in [0.4, 0.5) is 24.5 Å². The molecule has 0 radical (unpaired) electrons. The zero-order valence-electron chi connectivity index (χ0n) is 20.0. The predicted molar refractivity (Wildman–Crippen MR) is 127 cm³/mol. The summed E-state index contributed by atoms with van der Waals surface area (Å²) in [5.74, 6) is -3.86. The van der Waals surface area contributed by atoms with E-state index in [0.717, 1.165) is 24.9 Å². The molecule has 2 rings (SSSR count). The van der Waals surface area contributed by atoms with Crippen molar-refractivity contribution in [1.29, 1.82) is 0 Å². The van der Waals surface area contributed by atoms with E-state index in [1.165, 1.54) is 12.1 Å². The number of nitrogens with one attached hydrogen (secondary N) is 1. The molecule has 0 heterocycles. The van der Waals surface area contributed by atoms with E-state index in [4.69, 9.17) is 9.90 Å². The third-order valence-corrected chi connectivity index (χ3v) is 6.53. The summed E-state index contributed by atoms with van der Waals surface area (Å²) in [6, 6.07) is 8.15. The molecule has 0 aliphatic rings. The second-order valence-corrected chi connectivity index (χ2v) is 9.57. The lowest BCUT2D eigenvalue weighted by molar-refractivity contribution is -0.192. The number of aromatic carboxylic acids is 1. The van der Waals surface area contributed by atoms with Crippen LogP contribution in [0.3, 0.4) is 0 Å². The Balaban J connectivity index is 0.000000762. The highest BCUT2D eigenvalue weighted by Crippen LogP contribution is 2.31. The standard InChI is InChI=1S/C21H28N2O4S.C2HF3O2/c1-6-7-10-23(5)19-9-8-17(21(24)25)13-18(19)22-28(26,27)20-15(3)11-14(2)12-16(20)4;3-2(4,5)1(6)7/h8-9,11-13,22H,6-7,10H2,1-5H3,(H,24,25);(H,6,7). The summed E-state index contributed by atoms with van der Waals surface area (Å²) >= 11 is 0. The van der Waals surface area contributed by atoms with Gasteiger partial charge in [-0.05, 0) is 56.5 Å². The highest BCUT2D eigenvalue weighted by Gasteiger charge is 2.38. The van der Waals surface area contributed by atoms with Gasteiger partial charge >= 0.3 is 18.1 Å². The number of rotatable bonds is 8. The summed E-state index contributed by atoms with van der Waals surface area (Å²) in [7, 11) is -2.01. The van der Waals surface area contributed by atoms with Gasteiger partial charge in [-0.2, -0.15) is 13.2 Å². The topological polar surface area (TPSA) is 124 Å². The van der Waals surface area contributed by atoms with Crippen LogP contribution >= 0.6 is 0 Å². The van der Waals surface area contributed by atoms with E-state index in [9.17, 15) is 31.5 Å². The fourth-order valence-corrected chi connectivity index (χ4v) is 4.91. The van der Waals surface area contributed by atoms with Crippen molar-refractivity contribution in [2.45, 2.75) is 51.6 Å². The molecule has 0 atom stereocenters. The van der Waals surface area contributed by atoms with Gasteiger partial charge in [0.25, 0.3) is 10.0 Å². The number of carbonyl (C=O) groups is 2. The molecular weight excluding hydrogens is 489 g/mol. The summed E-state index contributed by atoms with van der Waals surface area (Å²) in [6.07, 6.45) is -3.14. The maximum Gasteiger partial charge on any atom is 0.490 e. The average molecular weight is 519 g/mol. The smallest absolute Gasteiger partial charge is 0.478 e. The summed E-state index contributed by atoms with van der Waals surface area (Å²) in [5.41, 5.74) is 3.23. The molecule has 0 aliphatic carbocycles. The number of hydrogen-bond donors (Lipinski definition) is 3. The molecule has 0 saturated heterocycles. The first-order valence-corrected chi connectivity index (χ1v) is 12.0. The van der Waals surface area contributed by atoms with Crippen molar-refractivity contribution in [3.63, 3.8) is 0 Å². The first kappa shape index (κ1) is 29.8. The molecule has 35 heavy (non-hydrogen) atoms. The van der Waals surface area contributed by atoms with E-state index < -0.39 is 28.1 Å². The van der Waals surface area contributed by atoms with Gasteiger partial charge in [-0.25, -0.2) is 18.0 Å². The maximum absolute atomic E-state index is 13.1. The van der Waals surface area contributed by atoms with Crippen molar-refractivity contribution in [3.05, 3.63) is 52.6 Å². The van der Waals surface area contributed by atoms with Gasteiger partial charge in [0.05, 0.1) is 21.8 Å². The Kier molecular flexibility index (Phi) is 10.1. The van der Waals surface area contributed by atoms with Gasteiger partial charge in [-0.15, -0.1) is 0 Å². The molecule has 194 valence electrons. The molecule has 0 saturated carbocycles. The Bertz CT molecular complexity index is 1160. The van der Waals surface area contributed by atoms with Gasteiger partial charge in [-0.3, -0.25) is 4.72 Å². The van der Waals surface area contributed by atoms with Crippen molar-refractivity contribution in [3.8, 4) is 0 Å². The van der Waals surface area contributed by atoms with E-state index in [1.54, 1.807) is 19.9 Å². The van der Waals surface area contributed by atoms with Gasteiger partial charge in [0, 0.05) is 13.6 Å². The molecule has 3 N–H and O–H groups in total. The highest BCUT2D eigenvalue weighted by atomic mass is 32.2. The molecular formula is C23H29F3N2O6S. The number of anilines is 2. The Labute approximate surface area is 202 Å². The number of nitrogens with zero attached hydrogens (tertiary/aromatic N) is 1. The van der Waals surface area contributed by atoms with Crippen LogP contribution in [0.5, 0.6) is 0 Å². The summed E-state index contributed by atoms with van der Waals surface area (Å²) in [5, 5.41) is 16.4. The lowest BCUT2D eigenvalue weighted by Crippen LogP contribution is -2.22. The SMILES string of the molecule is CCCCN(C)c1ccc(C(=O)O)cc1NS(=O)(=O)c1c(C)cc(C)cc1C.O=C(O)C(F)(F)F.